The normalized spacial score (nSPS) is 16.3. The second kappa shape index (κ2) is 3.71. The Morgan fingerprint density at radius 3 is 2.78 bits per heavy atom. The van der Waals surface area contributed by atoms with Gasteiger partial charge in [0.2, 0.25) is 5.95 Å². The van der Waals surface area contributed by atoms with E-state index in [0.717, 1.165) is 12.1 Å². The number of hydrogen-bond donors (Lipinski definition) is 1. The van der Waals surface area contributed by atoms with Gasteiger partial charge in [0, 0.05) is 12.8 Å². The summed E-state index contributed by atoms with van der Waals surface area (Å²) in [6, 6.07) is 5.19. The van der Waals surface area contributed by atoms with E-state index in [2.05, 4.69) is 4.98 Å². The summed E-state index contributed by atoms with van der Waals surface area (Å²) in [6.07, 6.45) is 3.62. The van der Waals surface area contributed by atoms with Crippen molar-refractivity contribution in [2.45, 2.75) is 24.3 Å². The van der Waals surface area contributed by atoms with Crippen molar-refractivity contribution in [1.82, 2.24) is 9.55 Å². The number of sulfone groups is 1. The van der Waals surface area contributed by atoms with Crippen LogP contribution in [0.2, 0.25) is 0 Å². The third-order valence-corrected chi connectivity index (χ3v) is 4.44. The van der Waals surface area contributed by atoms with Crippen molar-refractivity contribution in [3.8, 4) is 0 Å². The predicted molar refractivity (Wildman–Crippen MR) is 70.0 cm³/mol. The number of nitrogens with zero attached hydrogens (tertiary/aromatic N) is 2. The molecule has 2 N–H and O–H groups in total. The van der Waals surface area contributed by atoms with Gasteiger partial charge in [-0.15, -0.1) is 0 Å². The fourth-order valence-corrected chi connectivity index (χ4v) is 3.02. The number of benzene rings is 1. The lowest BCUT2D eigenvalue weighted by atomic mass is 10.3. The third-order valence-electron chi connectivity index (χ3n) is 3.31. The highest BCUT2D eigenvalue weighted by Gasteiger charge is 2.25. The first-order valence-corrected chi connectivity index (χ1v) is 7.81. The summed E-state index contributed by atoms with van der Waals surface area (Å²) in [7, 11) is -3.28. The van der Waals surface area contributed by atoms with Gasteiger partial charge in [-0.3, -0.25) is 0 Å². The monoisotopic (exact) mass is 265 g/mol. The van der Waals surface area contributed by atoms with E-state index in [0.29, 0.717) is 17.4 Å². The topological polar surface area (TPSA) is 78.0 Å². The van der Waals surface area contributed by atoms with Crippen LogP contribution in [0.3, 0.4) is 0 Å². The van der Waals surface area contributed by atoms with Crippen molar-refractivity contribution < 1.29 is 8.42 Å². The van der Waals surface area contributed by atoms with Crippen LogP contribution in [0.25, 0.3) is 11.0 Å². The number of nitrogens with two attached hydrogens (primary N) is 1. The van der Waals surface area contributed by atoms with Crippen LogP contribution < -0.4 is 5.73 Å². The first kappa shape index (κ1) is 11.5. The first-order valence-electron chi connectivity index (χ1n) is 5.91. The Balaban J connectivity index is 2.24. The number of para-hydroxylation sites is 1. The largest absolute Gasteiger partial charge is 0.369 e. The van der Waals surface area contributed by atoms with Gasteiger partial charge in [0.15, 0.2) is 9.84 Å². The SMILES string of the molecule is CS(=O)(=O)c1cccc2c1nc(N)n2CC1CC1. The lowest BCUT2D eigenvalue weighted by Gasteiger charge is -2.05. The second-order valence-electron chi connectivity index (χ2n) is 4.92. The maximum atomic E-state index is 11.7. The quantitative estimate of drug-likeness (QED) is 0.910. The molecule has 3 rings (SSSR count). The van der Waals surface area contributed by atoms with Crippen LogP contribution in [0.5, 0.6) is 0 Å². The van der Waals surface area contributed by atoms with E-state index in [-0.39, 0.29) is 4.90 Å². The zero-order valence-corrected chi connectivity index (χ0v) is 10.9. The molecule has 18 heavy (non-hydrogen) atoms. The molecule has 2 aromatic rings. The molecule has 1 fully saturated rings. The third kappa shape index (κ3) is 1.86. The minimum absolute atomic E-state index is 0.251. The Bertz CT molecular complexity index is 714. The molecule has 6 heteroatoms. The van der Waals surface area contributed by atoms with Crippen molar-refractivity contribution in [3.63, 3.8) is 0 Å². The number of aromatic nitrogens is 2. The minimum Gasteiger partial charge on any atom is -0.369 e. The van der Waals surface area contributed by atoms with Crippen LogP contribution in [-0.2, 0) is 16.4 Å². The Morgan fingerprint density at radius 2 is 2.17 bits per heavy atom. The predicted octanol–water partition coefficient (Wildman–Crippen LogP) is 1.43. The Labute approximate surface area is 106 Å². The van der Waals surface area contributed by atoms with E-state index in [1.807, 2.05) is 10.6 Å². The van der Waals surface area contributed by atoms with Crippen molar-refractivity contribution >= 4 is 26.8 Å². The van der Waals surface area contributed by atoms with E-state index in [1.54, 1.807) is 12.1 Å². The second-order valence-corrected chi connectivity index (χ2v) is 6.90. The zero-order chi connectivity index (χ0) is 12.9. The molecule has 1 aliphatic rings. The highest BCUT2D eigenvalue weighted by atomic mass is 32.2. The van der Waals surface area contributed by atoms with Crippen LogP contribution in [0, 0.1) is 5.92 Å². The summed E-state index contributed by atoms with van der Waals surface area (Å²) >= 11 is 0. The zero-order valence-electron chi connectivity index (χ0n) is 10.1. The minimum atomic E-state index is -3.28. The molecule has 1 aliphatic carbocycles. The summed E-state index contributed by atoms with van der Waals surface area (Å²) in [5.74, 6) is 1.06. The summed E-state index contributed by atoms with van der Waals surface area (Å²) in [4.78, 5) is 4.47. The van der Waals surface area contributed by atoms with Gasteiger partial charge in [-0.05, 0) is 30.9 Å². The average Bonchev–Trinajstić information content (AvgIpc) is 3.03. The van der Waals surface area contributed by atoms with Gasteiger partial charge in [0.25, 0.3) is 0 Å². The average molecular weight is 265 g/mol. The van der Waals surface area contributed by atoms with Crippen molar-refractivity contribution in [3.05, 3.63) is 18.2 Å². The van der Waals surface area contributed by atoms with E-state index < -0.39 is 9.84 Å². The molecule has 1 aromatic heterocycles. The molecular weight excluding hydrogens is 250 g/mol. The molecule has 0 unspecified atom stereocenters. The Morgan fingerprint density at radius 1 is 1.44 bits per heavy atom. The van der Waals surface area contributed by atoms with Gasteiger partial charge in [0.1, 0.15) is 5.52 Å². The fourth-order valence-electron chi connectivity index (χ4n) is 2.19. The Hall–Kier alpha value is -1.56. The molecule has 0 amide bonds. The number of anilines is 1. The molecule has 0 saturated heterocycles. The molecule has 0 aliphatic heterocycles. The van der Waals surface area contributed by atoms with Gasteiger partial charge in [-0.25, -0.2) is 13.4 Å². The maximum absolute atomic E-state index is 11.7. The standard InChI is InChI=1S/C12H15N3O2S/c1-18(16,17)10-4-2-3-9-11(10)14-12(13)15(9)7-8-5-6-8/h2-4,8H,5-7H2,1H3,(H2,13,14). The molecular formula is C12H15N3O2S. The van der Waals surface area contributed by atoms with Gasteiger partial charge in [-0.1, -0.05) is 6.07 Å². The molecule has 0 spiro atoms. The molecule has 0 atom stereocenters. The first-order chi connectivity index (χ1) is 8.47. The van der Waals surface area contributed by atoms with Gasteiger partial charge >= 0.3 is 0 Å². The summed E-state index contributed by atoms with van der Waals surface area (Å²) in [5.41, 5.74) is 7.19. The molecule has 5 nitrogen and oxygen atoms in total. The van der Waals surface area contributed by atoms with E-state index >= 15 is 0 Å². The van der Waals surface area contributed by atoms with Crippen LogP contribution >= 0.6 is 0 Å². The van der Waals surface area contributed by atoms with Gasteiger partial charge in [0.05, 0.1) is 10.4 Å². The van der Waals surface area contributed by atoms with Gasteiger partial charge < -0.3 is 10.3 Å². The van der Waals surface area contributed by atoms with E-state index in [1.165, 1.54) is 19.1 Å². The molecule has 96 valence electrons. The number of nitrogen functional groups attached to an aromatic ring is 1. The molecule has 0 radical (unpaired) electrons. The Kier molecular flexibility index (Phi) is 2.38. The summed E-state index contributed by atoms with van der Waals surface area (Å²) in [6.45, 7) is 0.829. The fraction of sp³-hybridized carbons (Fsp3) is 0.417. The number of fused-ring (bicyclic) bond motifs is 1. The van der Waals surface area contributed by atoms with Crippen LogP contribution in [0.1, 0.15) is 12.8 Å². The summed E-state index contributed by atoms with van der Waals surface area (Å²) in [5, 5.41) is 0. The van der Waals surface area contributed by atoms with Crippen molar-refractivity contribution in [2.75, 3.05) is 12.0 Å². The lowest BCUT2D eigenvalue weighted by molar-refractivity contribution is 0.602. The highest BCUT2D eigenvalue weighted by Crippen LogP contribution is 2.33. The molecule has 1 aromatic carbocycles. The van der Waals surface area contributed by atoms with Gasteiger partial charge in [-0.2, -0.15) is 0 Å². The van der Waals surface area contributed by atoms with Crippen molar-refractivity contribution in [1.29, 1.82) is 0 Å². The van der Waals surface area contributed by atoms with E-state index in [9.17, 15) is 8.42 Å². The van der Waals surface area contributed by atoms with Crippen LogP contribution in [-0.4, -0.2) is 24.2 Å². The molecule has 1 saturated carbocycles. The maximum Gasteiger partial charge on any atom is 0.201 e. The van der Waals surface area contributed by atoms with Crippen LogP contribution in [0.4, 0.5) is 5.95 Å². The lowest BCUT2D eigenvalue weighted by Crippen LogP contribution is -2.04. The highest BCUT2D eigenvalue weighted by molar-refractivity contribution is 7.91. The van der Waals surface area contributed by atoms with E-state index in [4.69, 9.17) is 5.73 Å². The summed E-state index contributed by atoms with van der Waals surface area (Å²) < 4.78 is 25.3. The van der Waals surface area contributed by atoms with Crippen LogP contribution in [0.15, 0.2) is 23.1 Å². The number of rotatable bonds is 3. The number of hydrogen-bond acceptors (Lipinski definition) is 4. The van der Waals surface area contributed by atoms with Crippen molar-refractivity contribution in [2.24, 2.45) is 5.92 Å². The smallest absolute Gasteiger partial charge is 0.201 e. The number of imidazole rings is 1. The molecule has 0 bridgehead atoms. The molecule has 1 heterocycles.